The lowest BCUT2D eigenvalue weighted by Gasteiger charge is -2.19. The number of ether oxygens (including phenoxy) is 1. The van der Waals surface area contributed by atoms with E-state index in [1.807, 2.05) is 30.3 Å². The van der Waals surface area contributed by atoms with Crippen molar-refractivity contribution in [1.82, 2.24) is 0 Å². The van der Waals surface area contributed by atoms with Gasteiger partial charge in [-0.25, -0.2) is 0 Å². The lowest BCUT2D eigenvalue weighted by atomic mass is 9.87. The average Bonchev–Trinajstić information content (AvgIpc) is 2.42. The third-order valence-corrected chi connectivity index (χ3v) is 3.75. The minimum atomic E-state index is 0.145. The molecule has 112 valence electrons. The second-order valence-corrected chi connectivity index (χ2v) is 6.58. The van der Waals surface area contributed by atoms with E-state index in [9.17, 15) is 0 Å². The standard InChI is InChI=1S/C18H22ClNO/c1-18(2,3)14-5-8-15(9-6-14)21-16-7-4-13(10-11-20)17(19)12-16/h4-9,12H,10-11,20H2,1-3H3. The molecule has 0 spiro atoms. The quantitative estimate of drug-likeness (QED) is 0.869. The summed E-state index contributed by atoms with van der Waals surface area (Å²) in [6.07, 6.45) is 0.777. The van der Waals surface area contributed by atoms with Crippen molar-refractivity contribution in [2.75, 3.05) is 6.54 Å². The first kappa shape index (κ1) is 15.9. The van der Waals surface area contributed by atoms with Crippen LogP contribution in [0.2, 0.25) is 5.02 Å². The molecule has 0 aliphatic heterocycles. The topological polar surface area (TPSA) is 35.2 Å². The van der Waals surface area contributed by atoms with Gasteiger partial charge in [0.2, 0.25) is 0 Å². The zero-order valence-electron chi connectivity index (χ0n) is 12.8. The van der Waals surface area contributed by atoms with Gasteiger partial charge in [-0.15, -0.1) is 0 Å². The van der Waals surface area contributed by atoms with Crippen LogP contribution in [0, 0.1) is 0 Å². The number of rotatable bonds is 4. The van der Waals surface area contributed by atoms with Crippen molar-refractivity contribution in [3.8, 4) is 11.5 Å². The van der Waals surface area contributed by atoms with Crippen LogP contribution in [-0.2, 0) is 11.8 Å². The highest BCUT2D eigenvalue weighted by Crippen LogP contribution is 2.29. The Kier molecular flexibility index (Phi) is 4.92. The minimum absolute atomic E-state index is 0.145. The van der Waals surface area contributed by atoms with E-state index in [1.54, 1.807) is 0 Å². The van der Waals surface area contributed by atoms with Crippen LogP contribution in [0.1, 0.15) is 31.9 Å². The summed E-state index contributed by atoms with van der Waals surface area (Å²) in [7, 11) is 0. The number of nitrogens with two attached hydrogens (primary N) is 1. The number of hydrogen-bond acceptors (Lipinski definition) is 2. The van der Waals surface area contributed by atoms with Crippen molar-refractivity contribution in [3.63, 3.8) is 0 Å². The van der Waals surface area contributed by atoms with Crippen LogP contribution in [0.3, 0.4) is 0 Å². The van der Waals surface area contributed by atoms with Gasteiger partial charge in [-0.1, -0.05) is 50.6 Å². The van der Waals surface area contributed by atoms with E-state index in [2.05, 4.69) is 32.9 Å². The fraction of sp³-hybridized carbons (Fsp3) is 0.333. The van der Waals surface area contributed by atoms with E-state index < -0.39 is 0 Å². The first-order chi connectivity index (χ1) is 9.90. The molecule has 0 saturated heterocycles. The molecular formula is C18H22ClNO. The minimum Gasteiger partial charge on any atom is -0.457 e. The normalized spacial score (nSPS) is 11.5. The van der Waals surface area contributed by atoms with Gasteiger partial charge in [0, 0.05) is 5.02 Å². The molecule has 21 heavy (non-hydrogen) atoms. The van der Waals surface area contributed by atoms with Crippen LogP contribution in [0.15, 0.2) is 42.5 Å². The van der Waals surface area contributed by atoms with Crippen LogP contribution < -0.4 is 10.5 Å². The second-order valence-electron chi connectivity index (χ2n) is 6.17. The molecule has 2 N–H and O–H groups in total. The molecule has 0 aromatic heterocycles. The molecule has 0 amide bonds. The first-order valence-corrected chi connectivity index (χ1v) is 7.55. The molecule has 0 fully saturated rings. The average molecular weight is 304 g/mol. The highest BCUT2D eigenvalue weighted by atomic mass is 35.5. The maximum absolute atomic E-state index is 6.22. The first-order valence-electron chi connectivity index (χ1n) is 7.17. The predicted molar refractivity (Wildman–Crippen MR) is 89.4 cm³/mol. The van der Waals surface area contributed by atoms with Gasteiger partial charge in [0.05, 0.1) is 0 Å². The Morgan fingerprint density at radius 1 is 1.00 bits per heavy atom. The van der Waals surface area contributed by atoms with E-state index >= 15 is 0 Å². The van der Waals surface area contributed by atoms with Gasteiger partial charge in [0.25, 0.3) is 0 Å². The lowest BCUT2D eigenvalue weighted by Crippen LogP contribution is -2.10. The van der Waals surface area contributed by atoms with Gasteiger partial charge in [-0.3, -0.25) is 0 Å². The van der Waals surface area contributed by atoms with Gasteiger partial charge >= 0.3 is 0 Å². The summed E-state index contributed by atoms with van der Waals surface area (Å²) in [6.45, 7) is 7.17. The predicted octanol–water partition coefficient (Wildman–Crippen LogP) is 4.93. The fourth-order valence-corrected chi connectivity index (χ4v) is 2.37. The van der Waals surface area contributed by atoms with Gasteiger partial charge in [-0.2, -0.15) is 0 Å². The van der Waals surface area contributed by atoms with Gasteiger partial charge in [0.15, 0.2) is 0 Å². The zero-order valence-corrected chi connectivity index (χ0v) is 13.6. The second kappa shape index (κ2) is 6.50. The Hall–Kier alpha value is -1.51. The van der Waals surface area contributed by atoms with Crippen LogP contribution in [0.5, 0.6) is 11.5 Å². The van der Waals surface area contributed by atoms with Crippen molar-refractivity contribution >= 4 is 11.6 Å². The molecule has 0 atom stereocenters. The van der Waals surface area contributed by atoms with Crippen molar-refractivity contribution in [3.05, 3.63) is 58.6 Å². The monoisotopic (exact) mass is 303 g/mol. The van der Waals surface area contributed by atoms with Crippen LogP contribution in [0.25, 0.3) is 0 Å². The van der Waals surface area contributed by atoms with Crippen LogP contribution >= 0.6 is 11.6 Å². The maximum Gasteiger partial charge on any atom is 0.128 e. The Labute approximate surface area is 131 Å². The van der Waals surface area contributed by atoms with E-state index in [-0.39, 0.29) is 5.41 Å². The summed E-state index contributed by atoms with van der Waals surface area (Å²) >= 11 is 6.22. The molecule has 0 bridgehead atoms. The molecule has 2 nitrogen and oxygen atoms in total. The maximum atomic E-state index is 6.22. The van der Waals surface area contributed by atoms with Crippen molar-refractivity contribution in [2.45, 2.75) is 32.6 Å². The zero-order chi connectivity index (χ0) is 15.5. The summed E-state index contributed by atoms with van der Waals surface area (Å²) in [4.78, 5) is 0. The third kappa shape index (κ3) is 4.23. The molecule has 0 radical (unpaired) electrons. The molecule has 0 aliphatic carbocycles. The van der Waals surface area contributed by atoms with E-state index in [4.69, 9.17) is 22.1 Å². The fourth-order valence-electron chi connectivity index (χ4n) is 2.11. The lowest BCUT2D eigenvalue weighted by molar-refractivity contribution is 0.481. The van der Waals surface area contributed by atoms with Gasteiger partial charge in [0.1, 0.15) is 11.5 Å². The van der Waals surface area contributed by atoms with E-state index in [1.165, 1.54) is 5.56 Å². The highest BCUT2D eigenvalue weighted by molar-refractivity contribution is 6.31. The number of halogens is 1. The summed E-state index contributed by atoms with van der Waals surface area (Å²) in [6, 6.07) is 13.9. The van der Waals surface area contributed by atoms with Crippen LogP contribution in [0.4, 0.5) is 0 Å². The van der Waals surface area contributed by atoms with E-state index in [0.717, 1.165) is 23.5 Å². The Bertz CT molecular complexity index is 600. The summed E-state index contributed by atoms with van der Waals surface area (Å²) in [5, 5.41) is 0.698. The summed E-state index contributed by atoms with van der Waals surface area (Å²) in [5.41, 5.74) is 8.03. The number of hydrogen-bond donors (Lipinski definition) is 1. The van der Waals surface area contributed by atoms with Gasteiger partial charge in [-0.05, 0) is 53.8 Å². The molecule has 0 heterocycles. The van der Waals surface area contributed by atoms with Crippen LogP contribution in [-0.4, -0.2) is 6.54 Å². The Balaban J connectivity index is 2.13. The van der Waals surface area contributed by atoms with Gasteiger partial charge < -0.3 is 10.5 Å². The molecule has 2 rings (SSSR count). The number of benzene rings is 2. The molecule has 3 heteroatoms. The van der Waals surface area contributed by atoms with Crippen molar-refractivity contribution < 1.29 is 4.74 Å². The summed E-state index contributed by atoms with van der Waals surface area (Å²) in [5.74, 6) is 1.55. The van der Waals surface area contributed by atoms with Crippen molar-refractivity contribution in [2.24, 2.45) is 5.73 Å². The Morgan fingerprint density at radius 3 is 2.14 bits per heavy atom. The molecule has 2 aromatic rings. The van der Waals surface area contributed by atoms with E-state index in [0.29, 0.717) is 11.6 Å². The highest BCUT2D eigenvalue weighted by Gasteiger charge is 2.13. The molecule has 0 unspecified atom stereocenters. The van der Waals surface area contributed by atoms with Crippen molar-refractivity contribution in [1.29, 1.82) is 0 Å². The molecule has 2 aromatic carbocycles. The molecule has 0 aliphatic rings. The SMILES string of the molecule is CC(C)(C)c1ccc(Oc2ccc(CCN)c(Cl)c2)cc1. The molecule has 0 saturated carbocycles. The molecular weight excluding hydrogens is 282 g/mol. The Morgan fingerprint density at radius 2 is 1.62 bits per heavy atom. The largest absolute Gasteiger partial charge is 0.457 e. The smallest absolute Gasteiger partial charge is 0.128 e. The third-order valence-electron chi connectivity index (χ3n) is 3.39. The summed E-state index contributed by atoms with van der Waals surface area (Å²) < 4.78 is 5.84.